The number of aromatic nitrogens is 1. The Morgan fingerprint density at radius 3 is 2.62 bits per heavy atom. The number of benzene rings is 1. The minimum absolute atomic E-state index is 0.0880. The number of carbonyl (C=O) groups is 2. The van der Waals surface area contributed by atoms with Gasteiger partial charge in [-0.1, -0.05) is 25.5 Å². The Morgan fingerprint density at radius 1 is 1.29 bits per heavy atom. The van der Waals surface area contributed by atoms with Gasteiger partial charge >= 0.3 is 0 Å². The largest absolute Gasteiger partial charge is 0.472 e. The molecule has 1 saturated carbocycles. The van der Waals surface area contributed by atoms with Crippen molar-refractivity contribution in [3.63, 3.8) is 0 Å². The molecule has 2 heterocycles. The highest BCUT2D eigenvalue weighted by Gasteiger charge is 2.36. The molecule has 0 bridgehead atoms. The third kappa shape index (κ3) is 4.92. The Bertz CT molecular complexity index is 1040. The summed E-state index contributed by atoms with van der Waals surface area (Å²) < 4.78 is 19.7. The maximum absolute atomic E-state index is 13.5. The van der Waals surface area contributed by atoms with Crippen molar-refractivity contribution < 1.29 is 23.8 Å². The maximum Gasteiger partial charge on any atom is 0.259 e. The molecular weight excluding hydrogens is 437 g/mol. The molecule has 8 heteroatoms. The molecule has 0 saturated heterocycles. The first-order chi connectivity index (χ1) is 16.3. The summed E-state index contributed by atoms with van der Waals surface area (Å²) in [6.45, 7) is 4.36. The molecule has 2 aromatic rings. The lowest BCUT2D eigenvalue weighted by molar-refractivity contribution is -0.138. The van der Waals surface area contributed by atoms with Crippen LogP contribution in [-0.4, -0.2) is 70.6 Å². The summed E-state index contributed by atoms with van der Waals surface area (Å²) >= 11 is 0. The molecule has 0 unspecified atom stereocenters. The van der Waals surface area contributed by atoms with Crippen LogP contribution in [-0.2, 0) is 4.79 Å². The van der Waals surface area contributed by atoms with Crippen LogP contribution in [0, 0.1) is 17.7 Å². The van der Waals surface area contributed by atoms with Crippen molar-refractivity contribution >= 4 is 11.8 Å². The topological polar surface area (TPSA) is 83.0 Å². The molecule has 1 fully saturated rings. The van der Waals surface area contributed by atoms with E-state index in [1.54, 1.807) is 48.2 Å². The van der Waals surface area contributed by atoms with E-state index in [2.05, 4.69) is 4.98 Å². The van der Waals surface area contributed by atoms with Gasteiger partial charge in [0.1, 0.15) is 17.5 Å². The summed E-state index contributed by atoms with van der Waals surface area (Å²) in [5.74, 6) is -0.307. The molecule has 182 valence electrons. The Hall–Kier alpha value is -3.00. The van der Waals surface area contributed by atoms with Crippen molar-refractivity contribution in [2.24, 2.45) is 11.8 Å². The SMILES string of the molecule is C[C@@H]1CN([C@@H](C)CO)C(=O)c2cc(-c3ccc(F)cc3)cnc2O[C@@H]1CN(C)C(=O)C1CCC1. The van der Waals surface area contributed by atoms with E-state index >= 15 is 0 Å². The summed E-state index contributed by atoms with van der Waals surface area (Å²) in [5, 5.41) is 9.81. The molecule has 0 spiro atoms. The molecule has 4 rings (SSSR count). The third-order valence-electron chi connectivity index (χ3n) is 6.98. The molecule has 1 aromatic heterocycles. The standard InChI is InChI=1S/C26H32FN3O4/c1-16-13-30(17(2)15-31)26(33)22-11-20(18-7-9-21(27)10-8-18)12-28-24(22)34-23(16)14-29(3)25(32)19-5-4-6-19/h7-12,16-17,19,23,31H,4-6,13-15H2,1-3H3/t16-,17+,23-/m1/s1. The second kappa shape index (κ2) is 10.1. The lowest BCUT2D eigenvalue weighted by Gasteiger charge is -2.38. The highest BCUT2D eigenvalue weighted by atomic mass is 19.1. The molecule has 34 heavy (non-hydrogen) atoms. The van der Waals surface area contributed by atoms with Crippen LogP contribution in [0.2, 0.25) is 0 Å². The molecular formula is C26H32FN3O4. The van der Waals surface area contributed by atoms with Crippen molar-refractivity contribution in [2.75, 3.05) is 26.7 Å². The zero-order valence-corrected chi connectivity index (χ0v) is 19.9. The van der Waals surface area contributed by atoms with Crippen LogP contribution in [0.4, 0.5) is 4.39 Å². The second-order valence-corrected chi connectivity index (χ2v) is 9.55. The third-order valence-corrected chi connectivity index (χ3v) is 6.98. The number of hydrogen-bond acceptors (Lipinski definition) is 5. The van der Waals surface area contributed by atoms with Crippen LogP contribution in [0.15, 0.2) is 36.5 Å². The van der Waals surface area contributed by atoms with Crippen LogP contribution >= 0.6 is 0 Å². The van der Waals surface area contributed by atoms with Crippen molar-refractivity contribution in [2.45, 2.75) is 45.3 Å². The second-order valence-electron chi connectivity index (χ2n) is 9.55. The molecule has 2 aliphatic rings. The number of likely N-dealkylation sites (N-methyl/N-ethyl adjacent to an activating group) is 1. The average molecular weight is 470 g/mol. The summed E-state index contributed by atoms with van der Waals surface area (Å²) in [6, 6.07) is 7.28. The fourth-order valence-electron chi connectivity index (χ4n) is 4.45. The predicted molar refractivity (Wildman–Crippen MR) is 126 cm³/mol. The van der Waals surface area contributed by atoms with E-state index in [1.165, 1.54) is 12.1 Å². The van der Waals surface area contributed by atoms with Gasteiger partial charge in [0.25, 0.3) is 5.91 Å². The summed E-state index contributed by atoms with van der Waals surface area (Å²) in [5.41, 5.74) is 1.67. The highest BCUT2D eigenvalue weighted by Crippen LogP contribution is 2.31. The Kier molecular flexibility index (Phi) is 7.16. The van der Waals surface area contributed by atoms with Crippen molar-refractivity contribution in [1.82, 2.24) is 14.8 Å². The van der Waals surface area contributed by atoms with Crippen LogP contribution in [0.5, 0.6) is 5.88 Å². The van der Waals surface area contributed by atoms with Gasteiger partial charge in [-0.2, -0.15) is 0 Å². The Balaban J connectivity index is 1.67. The first-order valence-electron chi connectivity index (χ1n) is 11.9. The minimum atomic E-state index is -0.398. The van der Waals surface area contributed by atoms with E-state index in [0.29, 0.717) is 18.7 Å². The number of aliphatic hydroxyl groups excluding tert-OH is 1. The Morgan fingerprint density at radius 2 is 2.00 bits per heavy atom. The zero-order valence-electron chi connectivity index (χ0n) is 19.9. The van der Waals surface area contributed by atoms with E-state index in [-0.39, 0.29) is 53.6 Å². The van der Waals surface area contributed by atoms with Crippen molar-refractivity contribution in [1.29, 1.82) is 0 Å². The van der Waals surface area contributed by atoms with E-state index in [9.17, 15) is 19.1 Å². The molecule has 3 atom stereocenters. The monoisotopic (exact) mass is 469 g/mol. The smallest absolute Gasteiger partial charge is 0.259 e. The summed E-state index contributed by atoms with van der Waals surface area (Å²) in [6.07, 6.45) is 4.17. The van der Waals surface area contributed by atoms with Gasteiger partial charge in [-0.25, -0.2) is 9.37 Å². The van der Waals surface area contributed by atoms with Gasteiger partial charge in [0.15, 0.2) is 0 Å². The van der Waals surface area contributed by atoms with Crippen molar-refractivity contribution in [3.05, 3.63) is 47.9 Å². The summed E-state index contributed by atoms with van der Waals surface area (Å²) in [4.78, 5) is 34.1. The quantitative estimate of drug-likeness (QED) is 0.702. The fourth-order valence-corrected chi connectivity index (χ4v) is 4.45. The first kappa shape index (κ1) is 24.1. The molecule has 1 N–H and O–H groups in total. The van der Waals surface area contributed by atoms with Crippen LogP contribution in [0.25, 0.3) is 11.1 Å². The normalized spacial score (nSPS) is 21.6. The van der Waals surface area contributed by atoms with Crippen LogP contribution in [0.1, 0.15) is 43.5 Å². The number of rotatable bonds is 6. The summed E-state index contributed by atoms with van der Waals surface area (Å²) in [7, 11) is 1.79. The lowest BCUT2D eigenvalue weighted by atomic mass is 9.84. The van der Waals surface area contributed by atoms with Crippen LogP contribution < -0.4 is 4.74 Å². The predicted octanol–water partition coefficient (Wildman–Crippen LogP) is 3.37. The number of fused-ring (bicyclic) bond motifs is 1. The molecule has 7 nitrogen and oxygen atoms in total. The minimum Gasteiger partial charge on any atom is -0.472 e. The van der Waals surface area contributed by atoms with Gasteiger partial charge in [0.05, 0.1) is 19.2 Å². The highest BCUT2D eigenvalue weighted by molar-refractivity contribution is 5.98. The molecule has 0 radical (unpaired) electrons. The molecule has 1 aliphatic carbocycles. The number of carbonyl (C=O) groups excluding carboxylic acids is 2. The molecule has 1 aromatic carbocycles. The van der Waals surface area contributed by atoms with E-state index < -0.39 is 6.04 Å². The molecule has 1 aliphatic heterocycles. The van der Waals surface area contributed by atoms with E-state index in [1.807, 2.05) is 6.92 Å². The van der Waals surface area contributed by atoms with Gasteiger partial charge < -0.3 is 19.6 Å². The average Bonchev–Trinajstić information content (AvgIpc) is 2.79. The van der Waals surface area contributed by atoms with Gasteiger partial charge in [-0.15, -0.1) is 0 Å². The van der Waals surface area contributed by atoms with Gasteiger partial charge in [-0.05, 0) is 43.5 Å². The van der Waals surface area contributed by atoms with Gasteiger partial charge in [-0.3, -0.25) is 9.59 Å². The van der Waals surface area contributed by atoms with Crippen molar-refractivity contribution in [3.8, 4) is 17.0 Å². The molecule has 2 amide bonds. The lowest BCUT2D eigenvalue weighted by Crippen LogP contribution is -2.51. The number of nitrogens with zero attached hydrogens (tertiary/aromatic N) is 3. The number of halogens is 1. The fraction of sp³-hybridized carbons (Fsp3) is 0.500. The van der Waals surface area contributed by atoms with Crippen LogP contribution in [0.3, 0.4) is 0 Å². The number of pyridine rings is 1. The zero-order chi connectivity index (χ0) is 24.4. The number of aliphatic hydroxyl groups is 1. The number of ether oxygens (including phenoxy) is 1. The number of amides is 2. The van der Waals surface area contributed by atoms with E-state index in [4.69, 9.17) is 4.74 Å². The van der Waals surface area contributed by atoms with Gasteiger partial charge in [0.2, 0.25) is 11.8 Å². The maximum atomic E-state index is 13.5. The Labute approximate surface area is 199 Å². The van der Waals surface area contributed by atoms with E-state index in [0.717, 1.165) is 24.8 Å². The first-order valence-corrected chi connectivity index (χ1v) is 11.9. The number of hydrogen-bond donors (Lipinski definition) is 1. The van der Waals surface area contributed by atoms with Gasteiger partial charge in [0, 0.05) is 37.2 Å².